The summed E-state index contributed by atoms with van der Waals surface area (Å²) in [6.07, 6.45) is 5.80. The van der Waals surface area contributed by atoms with Gasteiger partial charge >= 0.3 is 6.18 Å². The van der Waals surface area contributed by atoms with Gasteiger partial charge in [-0.3, -0.25) is 0 Å². The molecule has 3 heteroatoms. The monoisotopic (exact) mass is 346 g/mol. The van der Waals surface area contributed by atoms with Gasteiger partial charge in [0.15, 0.2) is 0 Å². The normalized spacial score (nSPS) is 20.2. The number of unbranched alkanes of at least 4 members (excludes halogenated alkanes) is 2. The zero-order valence-corrected chi connectivity index (χ0v) is 14.8. The molecule has 1 aromatic carbocycles. The first-order valence-electron chi connectivity index (χ1n) is 9.18. The molecule has 0 spiro atoms. The molecule has 0 aliphatic heterocycles. The molecule has 134 valence electrons. The summed E-state index contributed by atoms with van der Waals surface area (Å²) in [7, 11) is 0. The predicted octanol–water partition coefficient (Wildman–Crippen LogP) is 6.45. The summed E-state index contributed by atoms with van der Waals surface area (Å²) in [5.41, 5.74) is -0.0956. The van der Waals surface area contributed by atoms with Crippen LogP contribution in [0.4, 0.5) is 13.2 Å². The first kappa shape index (κ1) is 19.5. The number of alkyl halides is 3. The van der Waals surface area contributed by atoms with Crippen LogP contribution in [-0.2, 0) is 6.18 Å². The van der Waals surface area contributed by atoms with E-state index in [1.54, 1.807) is 0 Å². The molecule has 0 radical (unpaired) electrons. The molecule has 0 nitrogen and oxygen atoms in total. The van der Waals surface area contributed by atoms with Crippen molar-refractivity contribution in [1.82, 2.24) is 0 Å². The van der Waals surface area contributed by atoms with E-state index >= 15 is 0 Å². The summed E-state index contributed by atoms with van der Waals surface area (Å²) in [5, 5.41) is 0. The van der Waals surface area contributed by atoms with E-state index in [1.165, 1.54) is 50.7 Å². The van der Waals surface area contributed by atoms with Gasteiger partial charge < -0.3 is 0 Å². The van der Waals surface area contributed by atoms with Crippen molar-refractivity contribution in [2.24, 2.45) is 11.8 Å². The smallest absolute Gasteiger partial charge is 0.166 e. The molecule has 0 bridgehead atoms. The lowest BCUT2D eigenvalue weighted by atomic mass is 9.80. The van der Waals surface area contributed by atoms with Gasteiger partial charge in [-0.15, -0.1) is 0 Å². The molecular formula is C22H25F3. The summed E-state index contributed by atoms with van der Waals surface area (Å²) >= 11 is 0. The molecule has 1 aromatic rings. The topological polar surface area (TPSA) is 0 Å². The summed E-state index contributed by atoms with van der Waals surface area (Å²) in [6, 6.07) is 4.88. The summed E-state index contributed by atoms with van der Waals surface area (Å²) in [4.78, 5) is 0. The van der Waals surface area contributed by atoms with Gasteiger partial charge in [-0.2, -0.15) is 13.2 Å². The molecule has 0 unspecified atom stereocenters. The lowest BCUT2D eigenvalue weighted by Gasteiger charge is -2.25. The third kappa shape index (κ3) is 6.87. The van der Waals surface area contributed by atoms with Crippen LogP contribution in [0.25, 0.3) is 0 Å². The van der Waals surface area contributed by atoms with Crippen molar-refractivity contribution < 1.29 is 13.2 Å². The van der Waals surface area contributed by atoms with Gasteiger partial charge in [0.2, 0.25) is 0 Å². The van der Waals surface area contributed by atoms with Crippen molar-refractivity contribution in [2.75, 3.05) is 0 Å². The highest BCUT2D eigenvalue weighted by molar-refractivity contribution is 5.41. The SMILES string of the molecule is CCCCCC1CCC(C#CC#Cc2ccc(C(F)(F)F)cc2)CC1. The fourth-order valence-corrected chi connectivity index (χ4v) is 3.26. The number of rotatable bonds is 4. The lowest BCUT2D eigenvalue weighted by Crippen LogP contribution is -2.13. The minimum atomic E-state index is -4.30. The van der Waals surface area contributed by atoms with Crippen LogP contribution in [0.1, 0.15) is 69.4 Å². The van der Waals surface area contributed by atoms with Crippen LogP contribution in [0, 0.1) is 35.5 Å². The van der Waals surface area contributed by atoms with E-state index in [1.807, 2.05) is 0 Å². The maximum Gasteiger partial charge on any atom is 0.416 e. The van der Waals surface area contributed by atoms with E-state index in [-0.39, 0.29) is 0 Å². The Morgan fingerprint density at radius 1 is 0.960 bits per heavy atom. The maximum absolute atomic E-state index is 12.5. The zero-order valence-electron chi connectivity index (χ0n) is 14.8. The van der Waals surface area contributed by atoms with Crippen molar-refractivity contribution in [2.45, 2.75) is 64.5 Å². The van der Waals surface area contributed by atoms with Gasteiger partial charge in [0, 0.05) is 11.5 Å². The molecule has 0 heterocycles. The maximum atomic E-state index is 12.5. The van der Waals surface area contributed by atoms with E-state index in [4.69, 9.17) is 0 Å². The highest BCUT2D eigenvalue weighted by Gasteiger charge is 2.29. The second-order valence-electron chi connectivity index (χ2n) is 6.81. The van der Waals surface area contributed by atoms with E-state index in [2.05, 4.69) is 30.6 Å². The Morgan fingerprint density at radius 2 is 1.64 bits per heavy atom. The molecule has 2 rings (SSSR count). The number of hydrogen-bond acceptors (Lipinski definition) is 0. The zero-order chi connectivity index (χ0) is 18.1. The van der Waals surface area contributed by atoms with E-state index in [9.17, 15) is 13.2 Å². The molecule has 0 N–H and O–H groups in total. The van der Waals surface area contributed by atoms with E-state index in [0.717, 1.165) is 30.9 Å². The Morgan fingerprint density at radius 3 is 2.24 bits per heavy atom. The summed E-state index contributed by atoms with van der Waals surface area (Å²) in [6.45, 7) is 2.23. The molecule has 0 aromatic heterocycles. The van der Waals surface area contributed by atoms with Crippen LogP contribution in [0.2, 0.25) is 0 Å². The minimum Gasteiger partial charge on any atom is -0.166 e. The molecule has 1 aliphatic rings. The number of benzene rings is 1. The number of halogens is 3. The van der Waals surface area contributed by atoms with Crippen LogP contribution in [-0.4, -0.2) is 0 Å². The summed E-state index contributed by atoms with van der Waals surface area (Å²) in [5.74, 6) is 13.0. The van der Waals surface area contributed by atoms with Gasteiger partial charge in [0.05, 0.1) is 5.56 Å². The standard InChI is InChI=1S/C22H25F3/c1-2-3-4-7-18-10-12-19(13-11-18)8-5-6-9-20-14-16-21(17-15-20)22(23,24)25/h14-19H,2-4,7,10-13H2,1H3. The van der Waals surface area contributed by atoms with Crippen LogP contribution < -0.4 is 0 Å². The fourth-order valence-electron chi connectivity index (χ4n) is 3.26. The molecule has 1 saturated carbocycles. The third-order valence-electron chi connectivity index (χ3n) is 4.82. The third-order valence-corrected chi connectivity index (χ3v) is 4.82. The lowest BCUT2D eigenvalue weighted by molar-refractivity contribution is -0.137. The second-order valence-corrected chi connectivity index (χ2v) is 6.81. The Hall–Kier alpha value is -1.87. The van der Waals surface area contributed by atoms with Crippen molar-refractivity contribution in [3.63, 3.8) is 0 Å². The highest BCUT2D eigenvalue weighted by atomic mass is 19.4. The Balaban J connectivity index is 1.79. The molecule has 1 aliphatic carbocycles. The van der Waals surface area contributed by atoms with Crippen LogP contribution in [0.15, 0.2) is 24.3 Å². The first-order chi connectivity index (χ1) is 12.0. The van der Waals surface area contributed by atoms with Crippen molar-refractivity contribution in [3.8, 4) is 23.7 Å². The Bertz CT molecular complexity index is 639. The molecule has 0 atom stereocenters. The molecule has 1 fully saturated rings. The second kappa shape index (κ2) is 9.57. The predicted molar refractivity (Wildman–Crippen MR) is 95.7 cm³/mol. The largest absolute Gasteiger partial charge is 0.416 e. The highest BCUT2D eigenvalue weighted by Crippen LogP contribution is 2.31. The van der Waals surface area contributed by atoms with Crippen LogP contribution in [0.5, 0.6) is 0 Å². The average Bonchev–Trinajstić information content (AvgIpc) is 2.60. The van der Waals surface area contributed by atoms with Gasteiger partial charge in [-0.1, -0.05) is 44.4 Å². The first-order valence-corrected chi connectivity index (χ1v) is 9.18. The van der Waals surface area contributed by atoms with Gasteiger partial charge in [-0.05, 0) is 67.7 Å². The van der Waals surface area contributed by atoms with E-state index < -0.39 is 11.7 Å². The average molecular weight is 346 g/mol. The molecule has 0 saturated heterocycles. The Labute approximate surface area is 149 Å². The van der Waals surface area contributed by atoms with Crippen molar-refractivity contribution in [1.29, 1.82) is 0 Å². The summed E-state index contributed by atoms with van der Waals surface area (Å²) < 4.78 is 37.5. The molecule has 0 amide bonds. The van der Waals surface area contributed by atoms with Gasteiger partial charge in [0.25, 0.3) is 0 Å². The van der Waals surface area contributed by atoms with Crippen molar-refractivity contribution >= 4 is 0 Å². The van der Waals surface area contributed by atoms with E-state index in [0.29, 0.717) is 11.5 Å². The molecular weight excluding hydrogens is 321 g/mol. The van der Waals surface area contributed by atoms with Gasteiger partial charge in [-0.25, -0.2) is 0 Å². The van der Waals surface area contributed by atoms with Crippen LogP contribution >= 0.6 is 0 Å². The van der Waals surface area contributed by atoms with Crippen LogP contribution in [0.3, 0.4) is 0 Å². The number of hydrogen-bond donors (Lipinski definition) is 0. The Kier molecular flexibility index (Phi) is 7.45. The minimum absolute atomic E-state index is 0.421. The molecule has 25 heavy (non-hydrogen) atoms. The fraction of sp³-hybridized carbons (Fsp3) is 0.545. The van der Waals surface area contributed by atoms with Crippen molar-refractivity contribution in [3.05, 3.63) is 35.4 Å². The van der Waals surface area contributed by atoms with Gasteiger partial charge in [0.1, 0.15) is 0 Å². The quantitative estimate of drug-likeness (QED) is 0.434.